The van der Waals surface area contributed by atoms with Crippen molar-refractivity contribution in [2.45, 2.75) is 26.3 Å². The van der Waals surface area contributed by atoms with Crippen LogP contribution in [0.4, 0.5) is 11.4 Å². The second kappa shape index (κ2) is 4.71. The molecule has 1 N–H and O–H groups in total. The van der Waals surface area contributed by atoms with E-state index in [1.807, 2.05) is 26.8 Å². The zero-order chi connectivity index (χ0) is 13.2. The van der Waals surface area contributed by atoms with Crippen molar-refractivity contribution in [1.82, 2.24) is 0 Å². The van der Waals surface area contributed by atoms with Crippen LogP contribution in [0.5, 0.6) is 0 Å². The monoisotopic (exact) mass is 238 g/mol. The van der Waals surface area contributed by atoms with Gasteiger partial charge in [0.1, 0.15) is 5.69 Å². The Bertz CT molecular complexity index is 430. The molecule has 0 unspecified atom stereocenters. The average molecular weight is 238 g/mol. The molecule has 0 radical (unpaired) electrons. The number of para-hydroxylation sites is 1. The van der Waals surface area contributed by atoms with Crippen molar-refractivity contribution in [1.29, 1.82) is 0 Å². The quantitative estimate of drug-likeness (QED) is 0.644. The van der Waals surface area contributed by atoms with Crippen molar-refractivity contribution in [3.05, 3.63) is 33.9 Å². The number of hydrogen-bond acceptors (Lipinski definition) is 4. The highest BCUT2D eigenvalue weighted by Gasteiger charge is 2.29. The van der Waals surface area contributed by atoms with E-state index in [2.05, 4.69) is 0 Å². The third-order valence-corrected chi connectivity index (χ3v) is 3.04. The van der Waals surface area contributed by atoms with Crippen molar-refractivity contribution in [2.24, 2.45) is 0 Å². The summed E-state index contributed by atoms with van der Waals surface area (Å²) in [5.74, 6) is 0. The first-order valence-electron chi connectivity index (χ1n) is 5.40. The number of nitrogens with zero attached hydrogens (tertiary/aromatic N) is 2. The fourth-order valence-electron chi connectivity index (χ4n) is 1.64. The number of nitro benzene ring substituents is 1. The highest BCUT2D eigenvalue weighted by Crippen LogP contribution is 2.34. The maximum atomic E-state index is 11.0. The highest BCUT2D eigenvalue weighted by atomic mass is 16.6. The first kappa shape index (κ1) is 13.4. The predicted molar refractivity (Wildman–Crippen MR) is 67.4 cm³/mol. The van der Waals surface area contributed by atoms with Crippen molar-refractivity contribution in [2.75, 3.05) is 18.6 Å². The molecule has 0 aliphatic heterocycles. The van der Waals surface area contributed by atoms with Crippen LogP contribution < -0.4 is 4.90 Å². The summed E-state index contributed by atoms with van der Waals surface area (Å²) < 4.78 is 0. The van der Waals surface area contributed by atoms with Gasteiger partial charge in [-0.25, -0.2) is 0 Å². The molecule has 5 heteroatoms. The fourth-order valence-corrected chi connectivity index (χ4v) is 1.64. The summed E-state index contributed by atoms with van der Waals surface area (Å²) in [5.41, 5.74) is 0.894. The molecule has 0 saturated heterocycles. The van der Waals surface area contributed by atoms with Gasteiger partial charge in [0.2, 0.25) is 0 Å². The Hall–Kier alpha value is -1.62. The molecule has 94 valence electrons. The molecule has 1 aromatic rings. The van der Waals surface area contributed by atoms with Crippen LogP contribution in [0.1, 0.15) is 19.4 Å². The SMILES string of the molecule is Cc1cccc([N+](=O)[O-])c1N(C)C(C)(C)CO. The molecular formula is C12H18N2O3. The van der Waals surface area contributed by atoms with Crippen LogP contribution in [0.15, 0.2) is 18.2 Å². The lowest BCUT2D eigenvalue weighted by molar-refractivity contribution is -0.384. The standard InChI is InChI=1S/C12H18N2O3/c1-9-6-5-7-10(14(16)17)11(9)13(4)12(2,3)8-15/h5-7,15H,8H2,1-4H3. The number of nitro groups is 1. The van der Waals surface area contributed by atoms with Crippen molar-refractivity contribution < 1.29 is 10.0 Å². The van der Waals surface area contributed by atoms with E-state index < -0.39 is 10.5 Å². The van der Waals surface area contributed by atoms with E-state index >= 15 is 0 Å². The van der Waals surface area contributed by atoms with Crippen LogP contribution in [0.25, 0.3) is 0 Å². The van der Waals surface area contributed by atoms with Gasteiger partial charge < -0.3 is 10.0 Å². The maximum absolute atomic E-state index is 11.0. The Morgan fingerprint density at radius 2 is 2.06 bits per heavy atom. The number of aryl methyl sites for hydroxylation is 1. The molecular weight excluding hydrogens is 220 g/mol. The van der Waals surface area contributed by atoms with E-state index in [0.29, 0.717) is 5.69 Å². The first-order valence-corrected chi connectivity index (χ1v) is 5.40. The second-order valence-electron chi connectivity index (χ2n) is 4.73. The van der Waals surface area contributed by atoms with Gasteiger partial charge in [-0.2, -0.15) is 0 Å². The summed E-state index contributed by atoms with van der Waals surface area (Å²) in [5, 5.41) is 20.3. The third-order valence-electron chi connectivity index (χ3n) is 3.04. The van der Waals surface area contributed by atoms with Crippen LogP contribution in [0.3, 0.4) is 0 Å². The number of hydrogen-bond donors (Lipinski definition) is 1. The zero-order valence-electron chi connectivity index (χ0n) is 10.6. The van der Waals surface area contributed by atoms with E-state index in [1.54, 1.807) is 18.0 Å². The van der Waals surface area contributed by atoms with Crippen LogP contribution >= 0.6 is 0 Å². The minimum absolute atomic E-state index is 0.0639. The average Bonchev–Trinajstić information content (AvgIpc) is 2.27. The highest BCUT2D eigenvalue weighted by molar-refractivity contribution is 5.68. The Kier molecular flexibility index (Phi) is 3.72. The molecule has 0 atom stereocenters. The molecule has 0 spiro atoms. The number of likely N-dealkylation sites (N-methyl/N-ethyl adjacent to an activating group) is 1. The minimum atomic E-state index is -0.545. The van der Waals surface area contributed by atoms with Gasteiger partial charge in [-0.3, -0.25) is 10.1 Å². The Morgan fingerprint density at radius 1 is 1.47 bits per heavy atom. The Balaban J connectivity index is 3.34. The van der Waals surface area contributed by atoms with Gasteiger partial charge in [0.05, 0.1) is 17.1 Å². The zero-order valence-corrected chi connectivity index (χ0v) is 10.6. The lowest BCUT2D eigenvalue weighted by atomic mass is 10.0. The lowest BCUT2D eigenvalue weighted by Gasteiger charge is -2.36. The van der Waals surface area contributed by atoms with Gasteiger partial charge in [0, 0.05) is 13.1 Å². The van der Waals surface area contributed by atoms with E-state index in [9.17, 15) is 15.2 Å². The van der Waals surface area contributed by atoms with E-state index in [1.165, 1.54) is 6.07 Å². The van der Waals surface area contributed by atoms with Gasteiger partial charge in [0.15, 0.2) is 0 Å². The van der Waals surface area contributed by atoms with E-state index in [4.69, 9.17) is 0 Å². The number of anilines is 1. The number of benzene rings is 1. The van der Waals surface area contributed by atoms with Crippen molar-refractivity contribution in [3.8, 4) is 0 Å². The fraction of sp³-hybridized carbons (Fsp3) is 0.500. The maximum Gasteiger partial charge on any atom is 0.292 e. The number of aliphatic hydroxyl groups is 1. The second-order valence-corrected chi connectivity index (χ2v) is 4.73. The molecule has 0 bridgehead atoms. The van der Waals surface area contributed by atoms with Crippen LogP contribution in [0, 0.1) is 17.0 Å². The summed E-state index contributed by atoms with van der Waals surface area (Å²) in [6.45, 7) is 5.42. The number of aliphatic hydroxyl groups excluding tert-OH is 1. The van der Waals surface area contributed by atoms with Gasteiger partial charge in [-0.05, 0) is 26.3 Å². The molecule has 0 heterocycles. The summed E-state index contributed by atoms with van der Waals surface area (Å²) in [6, 6.07) is 4.97. The molecule has 0 fully saturated rings. The van der Waals surface area contributed by atoms with Crippen LogP contribution in [0.2, 0.25) is 0 Å². The largest absolute Gasteiger partial charge is 0.394 e. The van der Waals surface area contributed by atoms with E-state index in [-0.39, 0.29) is 12.3 Å². The number of rotatable bonds is 4. The molecule has 0 saturated carbocycles. The Morgan fingerprint density at radius 3 is 2.53 bits per heavy atom. The summed E-state index contributed by atoms with van der Waals surface area (Å²) in [4.78, 5) is 12.4. The van der Waals surface area contributed by atoms with E-state index in [0.717, 1.165) is 5.56 Å². The van der Waals surface area contributed by atoms with Crippen molar-refractivity contribution in [3.63, 3.8) is 0 Å². The third kappa shape index (κ3) is 2.55. The summed E-state index contributed by atoms with van der Waals surface area (Å²) in [7, 11) is 1.76. The molecule has 1 rings (SSSR count). The summed E-state index contributed by atoms with van der Waals surface area (Å²) >= 11 is 0. The predicted octanol–water partition coefficient (Wildman–Crippen LogP) is 2.11. The van der Waals surface area contributed by atoms with Gasteiger partial charge >= 0.3 is 0 Å². The first-order chi connectivity index (χ1) is 7.81. The van der Waals surface area contributed by atoms with Crippen LogP contribution in [-0.4, -0.2) is 29.2 Å². The molecule has 17 heavy (non-hydrogen) atoms. The van der Waals surface area contributed by atoms with Gasteiger partial charge in [0.25, 0.3) is 5.69 Å². The van der Waals surface area contributed by atoms with Gasteiger partial charge in [-0.1, -0.05) is 12.1 Å². The molecule has 0 aliphatic carbocycles. The molecule has 0 aliphatic rings. The molecule has 0 amide bonds. The van der Waals surface area contributed by atoms with Gasteiger partial charge in [-0.15, -0.1) is 0 Å². The molecule has 1 aromatic carbocycles. The molecule has 0 aromatic heterocycles. The summed E-state index contributed by atoms with van der Waals surface area (Å²) in [6.07, 6.45) is 0. The Labute approximate surface area is 101 Å². The van der Waals surface area contributed by atoms with Crippen LogP contribution in [-0.2, 0) is 0 Å². The molecule has 5 nitrogen and oxygen atoms in total. The minimum Gasteiger partial charge on any atom is -0.394 e. The van der Waals surface area contributed by atoms with Crippen molar-refractivity contribution >= 4 is 11.4 Å². The normalized spacial score (nSPS) is 11.4. The topological polar surface area (TPSA) is 66.6 Å². The lowest BCUT2D eigenvalue weighted by Crippen LogP contribution is -2.45. The smallest absolute Gasteiger partial charge is 0.292 e.